The highest BCUT2D eigenvalue weighted by molar-refractivity contribution is 5.85. The summed E-state index contributed by atoms with van der Waals surface area (Å²) < 4.78 is 4.90. The van der Waals surface area contributed by atoms with E-state index in [0.717, 1.165) is 11.1 Å². The third-order valence-electron chi connectivity index (χ3n) is 3.26. The number of carbonyl (C=O) groups is 2. The molecule has 2 unspecified atom stereocenters. The fourth-order valence-electron chi connectivity index (χ4n) is 1.84. The van der Waals surface area contributed by atoms with Crippen molar-refractivity contribution in [1.82, 2.24) is 5.32 Å². The van der Waals surface area contributed by atoms with Crippen molar-refractivity contribution in [3.8, 4) is 0 Å². The molecule has 0 spiro atoms. The first-order chi connectivity index (χ1) is 9.36. The summed E-state index contributed by atoms with van der Waals surface area (Å²) in [6.45, 7) is 5.81. The van der Waals surface area contributed by atoms with Gasteiger partial charge in [-0.15, -0.1) is 0 Å². The van der Waals surface area contributed by atoms with Gasteiger partial charge in [0.15, 0.2) is 6.04 Å². The van der Waals surface area contributed by atoms with E-state index in [4.69, 9.17) is 4.74 Å². The largest absolute Gasteiger partial charge is 0.479 e. The van der Waals surface area contributed by atoms with Crippen molar-refractivity contribution in [2.24, 2.45) is 5.92 Å². The number of carboxylic acids is 1. The van der Waals surface area contributed by atoms with Crippen LogP contribution in [0.15, 0.2) is 18.2 Å². The quantitative estimate of drug-likeness (QED) is 0.833. The molecule has 0 aliphatic rings. The Morgan fingerprint density at radius 1 is 1.30 bits per heavy atom. The number of methoxy groups -OCH3 is 1. The minimum absolute atomic E-state index is 0.255. The molecule has 1 aromatic rings. The van der Waals surface area contributed by atoms with E-state index in [2.05, 4.69) is 5.32 Å². The van der Waals surface area contributed by atoms with Crippen LogP contribution in [0.1, 0.15) is 29.7 Å². The molecular formula is C15H21NO4. The Labute approximate surface area is 118 Å². The van der Waals surface area contributed by atoms with Gasteiger partial charge in [0.05, 0.1) is 12.5 Å². The Morgan fingerprint density at radius 2 is 1.95 bits per heavy atom. The summed E-state index contributed by atoms with van der Waals surface area (Å²) in [4.78, 5) is 23.3. The molecule has 0 saturated heterocycles. The van der Waals surface area contributed by atoms with Crippen LogP contribution in [0.5, 0.6) is 0 Å². The zero-order valence-electron chi connectivity index (χ0n) is 12.3. The lowest BCUT2D eigenvalue weighted by molar-refractivity contribution is -0.142. The van der Waals surface area contributed by atoms with Gasteiger partial charge in [-0.2, -0.15) is 0 Å². The van der Waals surface area contributed by atoms with Crippen molar-refractivity contribution in [2.45, 2.75) is 26.8 Å². The van der Waals surface area contributed by atoms with Crippen LogP contribution in [0.4, 0.5) is 0 Å². The minimum Gasteiger partial charge on any atom is -0.479 e. The van der Waals surface area contributed by atoms with E-state index in [1.807, 2.05) is 19.9 Å². The minimum atomic E-state index is -1.08. The van der Waals surface area contributed by atoms with E-state index in [0.29, 0.717) is 5.56 Å². The van der Waals surface area contributed by atoms with Crippen molar-refractivity contribution < 1.29 is 19.4 Å². The van der Waals surface area contributed by atoms with Gasteiger partial charge in [-0.3, -0.25) is 4.79 Å². The predicted octanol–water partition coefficient (Wildman–Crippen LogP) is 1.83. The average Bonchev–Trinajstić information content (AvgIpc) is 2.39. The number of nitrogens with one attached hydrogen (secondary N) is 1. The third kappa shape index (κ3) is 4.06. The predicted molar refractivity (Wildman–Crippen MR) is 75.5 cm³/mol. The van der Waals surface area contributed by atoms with Crippen LogP contribution in [0.3, 0.4) is 0 Å². The molecule has 2 N–H and O–H groups in total. The van der Waals surface area contributed by atoms with Gasteiger partial charge in [0, 0.05) is 7.11 Å². The van der Waals surface area contributed by atoms with Gasteiger partial charge in [0.1, 0.15) is 0 Å². The number of carboxylic acid groups (broad SMARTS) is 1. The summed E-state index contributed by atoms with van der Waals surface area (Å²) in [6.07, 6.45) is 0. The van der Waals surface area contributed by atoms with E-state index in [1.54, 1.807) is 19.1 Å². The lowest BCUT2D eigenvalue weighted by Gasteiger charge is -2.18. The molecule has 2 atom stereocenters. The second-order valence-electron chi connectivity index (χ2n) is 4.98. The zero-order valence-corrected chi connectivity index (χ0v) is 12.3. The SMILES string of the molecule is COCC(C)C(=O)NC(C(=O)O)c1ccc(C)c(C)c1. The van der Waals surface area contributed by atoms with Crippen LogP contribution in [0.2, 0.25) is 0 Å². The Hall–Kier alpha value is -1.88. The maximum atomic E-state index is 11.9. The van der Waals surface area contributed by atoms with Gasteiger partial charge in [0.2, 0.25) is 5.91 Å². The average molecular weight is 279 g/mol. The molecule has 0 aliphatic carbocycles. The second kappa shape index (κ2) is 7.05. The first-order valence-corrected chi connectivity index (χ1v) is 6.46. The van der Waals surface area contributed by atoms with Crippen LogP contribution in [-0.2, 0) is 14.3 Å². The summed E-state index contributed by atoms with van der Waals surface area (Å²) >= 11 is 0. The van der Waals surface area contributed by atoms with E-state index < -0.39 is 17.9 Å². The Bertz CT molecular complexity index is 499. The van der Waals surface area contributed by atoms with E-state index >= 15 is 0 Å². The van der Waals surface area contributed by atoms with Crippen molar-refractivity contribution in [3.63, 3.8) is 0 Å². The second-order valence-corrected chi connectivity index (χ2v) is 4.98. The Morgan fingerprint density at radius 3 is 2.45 bits per heavy atom. The highest BCUT2D eigenvalue weighted by atomic mass is 16.5. The summed E-state index contributed by atoms with van der Waals surface area (Å²) in [6, 6.07) is 4.32. The molecule has 5 heteroatoms. The van der Waals surface area contributed by atoms with E-state index in [1.165, 1.54) is 7.11 Å². The molecule has 0 aromatic heterocycles. The van der Waals surface area contributed by atoms with Crippen LogP contribution in [-0.4, -0.2) is 30.7 Å². The van der Waals surface area contributed by atoms with Gasteiger partial charge < -0.3 is 15.2 Å². The van der Waals surface area contributed by atoms with Gasteiger partial charge in [-0.05, 0) is 30.5 Å². The molecule has 110 valence electrons. The molecule has 0 fully saturated rings. The maximum Gasteiger partial charge on any atom is 0.330 e. The fraction of sp³-hybridized carbons (Fsp3) is 0.467. The van der Waals surface area contributed by atoms with Crippen molar-refractivity contribution in [2.75, 3.05) is 13.7 Å². The number of aryl methyl sites for hydroxylation is 2. The normalized spacial score (nSPS) is 13.6. The highest BCUT2D eigenvalue weighted by Crippen LogP contribution is 2.18. The maximum absolute atomic E-state index is 11.9. The molecule has 0 radical (unpaired) electrons. The number of benzene rings is 1. The fourth-order valence-corrected chi connectivity index (χ4v) is 1.84. The summed E-state index contributed by atoms with van der Waals surface area (Å²) in [5, 5.41) is 11.8. The number of rotatable bonds is 6. The van der Waals surface area contributed by atoms with Crippen LogP contribution >= 0.6 is 0 Å². The molecule has 0 saturated carbocycles. The summed E-state index contributed by atoms with van der Waals surface area (Å²) in [7, 11) is 1.50. The zero-order chi connectivity index (χ0) is 15.3. The van der Waals surface area contributed by atoms with Crippen LogP contribution in [0.25, 0.3) is 0 Å². The molecule has 0 bridgehead atoms. The number of hydrogen-bond acceptors (Lipinski definition) is 3. The number of hydrogen-bond donors (Lipinski definition) is 2. The first-order valence-electron chi connectivity index (χ1n) is 6.46. The highest BCUT2D eigenvalue weighted by Gasteiger charge is 2.24. The van der Waals surface area contributed by atoms with Crippen molar-refractivity contribution in [1.29, 1.82) is 0 Å². The molecule has 0 aliphatic heterocycles. The molecule has 0 heterocycles. The smallest absolute Gasteiger partial charge is 0.330 e. The topological polar surface area (TPSA) is 75.6 Å². The van der Waals surface area contributed by atoms with E-state index in [-0.39, 0.29) is 12.5 Å². The summed E-state index contributed by atoms with van der Waals surface area (Å²) in [5.74, 6) is -1.81. The summed E-state index contributed by atoms with van der Waals surface area (Å²) in [5.41, 5.74) is 2.64. The van der Waals surface area contributed by atoms with Gasteiger partial charge in [-0.25, -0.2) is 4.79 Å². The van der Waals surface area contributed by atoms with Crippen LogP contribution < -0.4 is 5.32 Å². The van der Waals surface area contributed by atoms with E-state index in [9.17, 15) is 14.7 Å². The lowest BCUT2D eigenvalue weighted by Crippen LogP contribution is -2.38. The number of carbonyl (C=O) groups excluding carboxylic acids is 1. The van der Waals surface area contributed by atoms with Crippen molar-refractivity contribution >= 4 is 11.9 Å². The molecule has 1 amide bonds. The number of aliphatic carboxylic acids is 1. The Kier molecular flexibility index (Phi) is 5.70. The molecule has 1 rings (SSSR count). The monoisotopic (exact) mass is 279 g/mol. The molecule has 20 heavy (non-hydrogen) atoms. The molecule has 1 aromatic carbocycles. The molecular weight excluding hydrogens is 258 g/mol. The lowest BCUT2D eigenvalue weighted by atomic mass is 10.0. The Balaban J connectivity index is 2.92. The molecule has 5 nitrogen and oxygen atoms in total. The van der Waals surface area contributed by atoms with Gasteiger partial charge in [-0.1, -0.05) is 25.1 Å². The van der Waals surface area contributed by atoms with Gasteiger partial charge >= 0.3 is 5.97 Å². The standard InChI is InChI=1S/C15H21NO4/c1-9-5-6-12(7-10(9)2)13(15(18)19)16-14(17)11(3)8-20-4/h5-7,11,13H,8H2,1-4H3,(H,16,17)(H,18,19). The first kappa shape index (κ1) is 16.2. The number of ether oxygens (including phenoxy) is 1. The van der Waals surface area contributed by atoms with Crippen molar-refractivity contribution in [3.05, 3.63) is 34.9 Å². The third-order valence-corrected chi connectivity index (χ3v) is 3.26. The van der Waals surface area contributed by atoms with Crippen LogP contribution in [0, 0.1) is 19.8 Å². The van der Waals surface area contributed by atoms with Gasteiger partial charge in [0.25, 0.3) is 0 Å². The number of amides is 1.